The first-order valence-electron chi connectivity index (χ1n) is 6.86. The van der Waals surface area contributed by atoms with Gasteiger partial charge in [0.05, 0.1) is 6.42 Å². The van der Waals surface area contributed by atoms with Crippen molar-refractivity contribution in [1.82, 2.24) is 10.2 Å². The normalized spacial score (nSPS) is 33.2. The molecular weight excluding hydrogens is 241 g/mol. The van der Waals surface area contributed by atoms with Crippen LogP contribution in [0.3, 0.4) is 0 Å². The van der Waals surface area contributed by atoms with Crippen LogP contribution in [0.2, 0.25) is 0 Å². The number of alkyl halides is 3. The maximum atomic E-state index is 12.5. The Hall–Kier alpha value is -0.290. The molecule has 1 aliphatic carbocycles. The van der Waals surface area contributed by atoms with Gasteiger partial charge in [-0.25, -0.2) is 0 Å². The number of hydrogen-bond acceptors (Lipinski definition) is 2. The molecule has 0 aromatic heterocycles. The van der Waals surface area contributed by atoms with E-state index in [0.29, 0.717) is 5.92 Å². The summed E-state index contributed by atoms with van der Waals surface area (Å²) in [5.41, 5.74) is 0.0103. The number of halogens is 3. The SMILES string of the molecule is CC(CC(F)(F)F)N1CCCNC(C)(C2CC2)C1. The van der Waals surface area contributed by atoms with E-state index in [1.807, 2.05) is 4.90 Å². The molecule has 1 aliphatic heterocycles. The molecule has 0 bridgehead atoms. The van der Waals surface area contributed by atoms with Crippen molar-refractivity contribution in [3.63, 3.8) is 0 Å². The summed E-state index contributed by atoms with van der Waals surface area (Å²) < 4.78 is 37.5. The van der Waals surface area contributed by atoms with Crippen LogP contribution in [0, 0.1) is 5.92 Å². The average molecular weight is 264 g/mol. The highest BCUT2D eigenvalue weighted by Crippen LogP contribution is 2.41. The first-order valence-corrected chi connectivity index (χ1v) is 6.86. The van der Waals surface area contributed by atoms with E-state index in [9.17, 15) is 13.2 Å². The van der Waals surface area contributed by atoms with E-state index in [4.69, 9.17) is 0 Å². The summed E-state index contributed by atoms with van der Waals surface area (Å²) in [6.45, 7) is 6.30. The van der Waals surface area contributed by atoms with E-state index in [1.165, 1.54) is 12.8 Å². The molecule has 2 aliphatic rings. The minimum atomic E-state index is -4.06. The molecule has 0 spiro atoms. The molecule has 0 aromatic rings. The van der Waals surface area contributed by atoms with Crippen molar-refractivity contribution < 1.29 is 13.2 Å². The summed E-state index contributed by atoms with van der Waals surface area (Å²) >= 11 is 0. The van der Waals surface area contributed by atoms with Gasteiger partial charge in [-0.1, -0.05) is 0 Å². The number of nitrogens with one attached hydrogen (secondary N) is 1. The van der Waals surface area contributed by atoms with Gasteiger partial charge in [0.2, 0.25) is 0 Å². The minimum Gasteiger partial charge on any atom is -0.310 e. The third kappa shape index (κ3) is 3.60. The Balaban J connectivity index is 1.98. The molecule has 1 saturated heterocycles. The summed E-state index contributed by atoms with van der Waals surface area (Å²) in [7, 11) is 0. The van der Waals surface area contributed by atoms with Crippen LogP contribution in [-0.4, -0.2) is 42.3 Å². The summed E-state index contributed by atoms with van der Waals surface area (Å²) in [6, 6.07) is -0.414. The van der Waals surface area contributed by atoms with E-state index in [2.05, 4.69) is 12.2 Å². The lowest BCUT2D eigenvalue weighted by atomic mass is 9.94. The lowest BCUT2D eigenvalue weighted by Gasteiger charge is -2.37. The van der Waals surface area contributed by atoms with E-state index in [0.717, 1.165) is 26.1 Å². The van der Waals surface area contributed by atoms with E-state index in [-0.39, 0.29) is 5.54 Å². The number of rotatable bonds is 3. The van der Waals surface area contributed by atoms with Gasteiger partial charge in [0, 0.05) is 18.1 Å². The van der Waals surface area contributed by atoms with Crippen LogP contribution >= 0.6 is 0 Å². The van der Waals surface area contributed by atoms with Gasteiger partial charge < -0.3 is 5.32 Å². The molecule has 0 amide bonds. The second kappa shape index (κ2) is 5.00. The Labute approximate surface area is 107 Å². The van der Waals surface area contributed by atoms with Crippen molar-refractivity contribution in [2.45, 2.75) is 57.3 Å². The predicted molar refractivity (Wildman–Crippen MR) is 65.5 cm³/mol. The van der Waals surface area contributed by atoms with Gasteiger partial charge in [-0.15, -0.1) is 0 Å². The van der Waals surface area contributed by atoms with Crippen molar-refractivity contribution in [1.29, 1.82) is 0 Å². The molecule has 0 aromatic carbocycles. The summed E-state index contributed by atoms with van der Waals surface area (Å²) in [5, 5.41) is 3.54. The lowest BCUT2D eigenvalue weighted by Crippen LogP contribution is -2.52. The first-order chi connectivity index (χ1) is 8.30. The minimum absolute atomic E-state index is 0.0103. The molecule has 2 atom stereocenters. The smallest absolute Gasteiger partial charge is 0.310 e. The topological polar surface area (TPSA) is 15.3 Å². The van der Waals surface area contributed by atoms with Crippen LogP contribution in [-0.2, 0) is 0 Å². The summed E-state index contributed by atoms with van der Waals surface area (Å²) in [5.74, 6) is 0.649. The second-order valence-corrected chi connectivity index (χ2v) is 6.11. The zero-order chi connectivity index (χ0) is 13.4. The third-order valence-corrected chi connectivity index (χ3v) is 4.31. The summed E-state index contributed by atoms with van der Waals surface area (Å²) in [4.78, 5) is 2.02. The largest absolute Gasteiger partial charge is 0.390 e. The second-order valence-electron chi connectivity index (χ2n) is 6.11. The monoisotopic (exact) mass is 264 g/mol. The molecule has 106 valence electrons. The fraction of sp³-hybridized carbons (Fsp3) is 1.00. The van der Waals surface area contributed by atoms with Crippen LogP contribution in [0.5, 0.6) is 0 Å². The van der Waals surface area contributed by atoms with Crippen molar-refractivity contribution in [2.75, 3.05) is 19.6 Å². The fourth-order valence-electron chi connectivity index (χ4n) is 3.05. The molecule has 0 radical (unpaired) electrons. The van der Waals surface area contributed by atoms with Gasteiger partial charge in [0.1, 0.15) is 0 Å². The van der Waals surface area contributed by atoms with Crippen LogP contribution in [0.25, 0.3) is 0 Å². The van der Waals surface area contributed by atoms with Gasteiger partial charge in [-0.3, -0.25) is 4.90 Å². The molecule has 2 unspecified atom stereocenters. The van der Waals surface area contributed by atoms with Crippen LogP contribution in [0.15, 0.2) is 0 Å². The van der Waals surface area contributed by atoms with Gasteiger partial charge >= 0.3 is 6.18 Å². The fourth-order valence-corrected chi connectivity index (χ4v) is 3.05. The van der Waals surface area contributed by atoms with E-state index in [1.54, 1.807) is 6.92 Å². The van der Waals surface area contributed by atoms with Gasteiger partial charge in [-0.2, -0.15) is 13.2 Å². The van der Waals surface area contributed by atoms with Crippen LogP contribution in [0.1, 0.15) is 39.5 Å². The molecule has 2 nitrogen and oxygen atoms in total. The maximum absolute atomic E-state index is 12.5. The third-order valence-electron chi connectivity index (χ3n) is 4.31. The van der Waals surface area contributed by atoms with Crippen molar-refractivity contribution in [3.05, 3.63) is 0 Å². The van der Waals surface area contributed by atoms with Gasteiger partial charge in [0.15, 0.2) is 0 Å². The Bertz CT molecular complexity index is 288. The zero-order valence-corrected chi connectivity index (χ0v) is 11.2. The molecule has 5 heteroatoms. The molecular formula is C13H23F3N2. The molecule has 2 rings (SSSR count). The Morgan fingerprint density at radius 3 is 2.61 bits per heavy atom. The van der Waals surface area contributed by atoms with Gasteiger partial charge in [0.25, 0.3) is 0 Å². The highest BCUT2D eigenvalue weighted by atomic mass is 19.4. The molecule has 1 N–H and O–H groups in total. The molecule has 1 heterocycles. The molecule has 1 saturated carbocycles. The number of nitrogens with zero attached hydrogens (tertiary/aromatic N) is 1. The quantitative estimate of drug-likeness (QED) is 0.843. The standard InChI is InChI=1S/C13H23F3N2/c1-10(8-13(14,15)16)18-7-3-6-17-12(2,9-18)11-4-5-11/h10-11,17H,3-9H2,1-2H3. The lowest BCUT2D eigenvalue weighted by molar-refractivity contribution is -0.146. The molecule has 2 fully saturated rings. The maximum Gasteiger partial charge on any atom is 0.390 e. The van der Waals surface area contributed by atoms with Crippen molar-refractivity contribution in [3.8, 4) is 0 Å². The zero-order valence-electron chi connectivity index (χ0n) is 11.2. The summed E-state index contributed by atoms with van der Waals surface area (Å²) in [6.07, 6.45) is -1.40. The molecule has 18 heavy (non-hydrogen) atoms. The number of hydrogen-bond donors (Lipinski definition) is 1. The Morgan fingerprint density at radius 1 is 1.39 bits per heavy atom. The first kappa shape index (κ1) is 14.1. The van der Waals surface area contributed by atoms with Crippen molar-refractivity contribution >= 4 is 0 Å². The average Bonchev–Trinajstić information content (AvgIpc) is 2.99. The highest BCUT2D eigenvalue weighted by Gasteiger charge is 2.44. The predicted octanol–water partition coefficient (Wildman–Crippen LogP) is 2.79. The van der Waals surface area contributed by atoms with E-state index < -0.39 is 18.6 Å². The van der Waals surface area contributed by atoms with Crippen LogP contribution in [0.4, 0.5) is 13.2 Å². The van der Waals surface area contributed by atoms with Crippen LogP contribution < -0.4 is 5.32 Å². The Morgan fingerprint density at radius 2 is 2.06 bits per heavy atom. The highest BCUT2D eigenvalue weighted by molar-refractivity contribution is 5.01. The van der Waals surface area contributed by atoms with E-state index >= 15 is 0 Å². The van der Waals surface area contributed by atoms with Crippen molar-refractivity contribution in [2.24, 2.45) is 5.92 Å². The Kier molecular flexibility index (Phi) is 3.93. The van der Waals surface area contributed by atoms with Gasteiger partial charge in [-0.05, 0) is 52.1 Å².